The van der Waals surface area contributed by atoms with Crippen LogP contribution in [0.5, 0.6) is 0 Å². The van der Waals surface area contributed by atoms with Crippen molar-refractivity contribution in [2.45, 2.75) is 0 Å². The largest absolute Gasteiger partial charge is 0.456 e. The van der Waals surface area contributed by atoms with E-state index in [1.54, 1.807) is 0 Å². The summed E-state index contributed by atoms with van der Waals surface area (Å²) in [5, 5.41) is 9.23. The first-order valence-corrected chi connectivity index (χ1v) is 20.1. The monoisotopic (exact) mass is 753 g/mol. The van der Waals surface area contributed by atoms with Gasteiger partial charge >= 0.3 is 0 Å². The molecule has 0 spiro atoms. The summed E-state index contributed by atoms with van der Waals surface area (Å²) in [5.41, 5.74) is 13.6. The molecule has 0 N–H and O–H groups in total. The quantitative estimate of drug-likeness (QED) is 0.169. The predicted molar refractivity (Wildman–Crippen MR) is 247 cm³/mol. The summed E-state index contributed by atoms with van der Waals surface area (Å²) in [6.07, 6.45) is 0. The SMILES string of the molecule is c1ccc(N(c2ccc(-c3ccc(-c4cccc5ccccc45)cc3)cc2)c2cccc3oc4ccccc4c23)c(-c2cccc3oc4cc5ccccc5cc4c23)c1. The van der Waals surface area contributed by atoms with Crippen LogP contribution in [0.3, 0.4) is 0 Å². The van der Waals surface area contributed by atoms with Crippen molar-refractivity contribution < 1.29 is 8.83 Å². The van der Waals surface area contributed by atoms with Gasteiger partial charge in [-0.25, -0.2) is 0 Å². The molecule has 0 atom stereocenters. The van der Waals surface area contributed by atoms with Gasteiger partial charge in [0, 0.05) is 27.4 Å². The Morgan fingerprint density at radius 1 is 0.288 bits per heavy atom. The van der Waals surface area contributed by atoms with Crippen LogP contribution in [-0.2, 0) is 0 Å². The van der Waals surface area contributed by atoms with Crippen LogP contribution in [-0.4, -0.2) is 0 Å². The van der Waals surface area contributed by atoms with Crippen molar-refractivity contribution in [1.82, 2.24) is 0 Å². The van der Waals surface area contributed by atoms with Crippen LogP contribution in [0.15, 0.2) is 221 Å². The second-order valence-electron chi connectivity index (χ2n) is 15.2. The Morgan fingerprint density at radius 3 is 1.64 bits per heavy atom. The van der Waals surface area contributed by atoms with E-state index in [9.17, 15) is 0 Å². The fourth-order valence-corrected chi connectivity index (χ4v) is 9.11. The number of fused-ring (bicyclic) bond motifs is 8. The molecule has 0 fully saturated rings. The van der Waals surface area contributed by atoms with Crippen molar-refractivity contribution in [1.29, 1.82) is 0 Å². The number of hydrogen-bond acceptors (Lipinski definition) is 3. The Morgan fingerprint density at radius 2 is 0.814 bits per heavy atom. The number of anilines is 3. The second kappa shape index (κ2) is 13.4. The zero-order valence-electron chi connectivity index (χ0n) is 32.0. The summed E-state index contributed by atoms with van der Waals surface area (Å²) in [4.78, 5) is 2.39. The number of benzene rings is 10. The summed E-state index contributed by atoms with van der Waals surface area (Å²) in [5.74, 6) is 0. The van der Waals surface area contributed by atoms with Gasteiger partial charge in [-0.1, -0.05) is 158 Å². The minimum Gasteiger partial charge on any atom is -0.456 e. The van der Waals surface area contributed by atoms with Gasteiger partial charge < -0.3 is 13.7 Å². The molecule has 0 bridgehead atoms. The Kier molecular flexibility index (Phi) is 7.54. The lowest BCUT2D eigenvalue weighted by atomic mass is 9.95. The normalized spacial score (nSPS) is 11.7. The van der Waals surface area contributed by atoms with E-state index in [1.807, 2.05) is 12.1 Å². The zero-order valence-corrected chi connectivity index (χ0v) is 32.0. The topological polar surface area (TPSA) is 29.5 Å². The lowest BCUT2D eigenvalue weighted by Crippen LogP contribution is -2.11. The Hall–Kier alpha value is -7.88. The first-order valence-electron chi connectivity index (χ1n) is 20.1. The van der Waals surface area contributed by atoms with Gasteiger partial charge in [0.25, 0.3) is 0 Å². The van der Waals surface area contributed by atoms with Crippen LogP contribution in [0.1, 0.15) is 0 Å². The van der Waals surface area contributed by atoms with Gasteiger partial charge in [0.05, 0.1) is 16.8 Å². The summed E-state index contributed by atoms with van der Waals surface area (Å²) < 4.78 is 13.0. The molecule has 12 aromatic rings. The average molecular weight is 754 g/mol. The van der Waals surface area contributed by atoms with Crippen molar-refractivity contribution in [3.05, 3.63) is 212 Å². The first kappa shape index (κ1) is 33.3. The third kappa shape index (κ3) is 5.44. The minimum atomic E-state index is 0.851. The molecule has 3 heteroatoms. The molecule has 2 aromatic heterocycles. The van der Waals surface area contributed by atoms with Crippen LogP contribution in [0.2, 0.25) is 0 Å². The predicted octanol–water partition coefficient (Wildman–Crippen LogP) is 16.3. The number of furan rings is 2. The van der Waals surface area contributed by atoms with Gasteiger partial charge in [-0.3, -0.25) is 0 Å². The van der Waals surface area contributed by atoms with Crippen molar-refractivity contribution in [3.8, 4) is 33.4 Å². The number of para-hydroxylation sites is 2. The highest BCUT2D eigenvalue weighted by Crippen LogP contribution is 2.48. The van der Waals surface area contributed by atoms with Gasteiger partial charge in [0.15, 0.2) is 0 Å². The highest BCUT2D eigenvalue weighted by molar-refractivity contribution is 6.18. The summed E-state index contributed by atoms with van der Waals surface area (Å²) in [7, 11) is 0. The fraction of sp³-hybridized carbons (Fsp3) is 0. The number of nitrogens with zero attached hydrogens (tertiary/aromatic N) is 1. The molecule has 59 heavy (non-hydrogen) atoms. The maximum Gasteiger partial charge on any atom is 0.137 e. The third-order valence-electron chi connectivity index (χ3n) is 11.9. The Labute approximate surface area is 340 Å². The van der Waals surface area contributed by atoms with Crippen LogP contribution in [0.25, 0.3) is 98.8 Å². The summed E-state index contributed by atoms with van der Waals surface area (Å²) >= 11 is 0. The lowest BCUT2D eigenvalue weighted by molar-refractivity contribution is 0.669. The van der Waals surface area contributed by atoms with Crippen LogP contribution in [0.4, 0.5) is 17.1 Å². The average Bonchev–Trinajstić information content (AvgIpc) is 3.87. The molecule has 12 rings (SSSR count). The van der Waals surface area contributed by atoms with Crippen molar-refractivity contribution in [2.24, 2.45) is 0 Å². The van der Waals surface area contributed by atoms with Gasteiger partial charge in [0.1, 0.15) is 22.3 Å². The maximum atomic E-state index is 6.57. The zero-order chi connectivity index (χ0) is 38.9. The van der Waals surface area contributed by atoms with E-state index in [2.05, 4.69) is 205 Å². The highest BCUT2D eigenvalue weighted by Gasteiger charge is 2.23. The molecule has 0 aliphatic rings. The third-order valence-corrected chi connectivity index (χ3v) is 11.9. The van der Waals surface area contributed by atoms with E-state index in [0.717, 1.165) is 83.0 Å². The smallest absolute Gasteiger partial charge is 0.137 e. The van der Waals surface area contributed by atoms with E-state index >= 15 is 0 Å². The second-order valence-corrected chi connectivity index (χ2v) is 15.2. The van der Waals surface area contributed by atoms with Crippen LogP contribution < -0.4 is 4.90 Å². The van der Waals surface area contributed by atoms with Gasteiger partial charge in [-0.15, -0.1) is 0 Å². The van der Waals surface area contributed by atoms with Gasteiger partial charge in [-0.2, -0.15) is 0 Å². The molecule has 0 aliphatic carbocycles. The number of hydrogen-bond donors (Lipinski definition) is 0. The maximum absolute atomic E-state index is 6.57. The Bertz CT molecular complexity index is 3550. The van der Waals surface area contributed by atoms with E-state index in [1.165, 1.54) is 32.8 Å². The van der Waals surface area contributed by atoms with E-state index in [4.69, 9.17) is 8.83 Å². The van der Waals surface area contributed by atoms with Gasteiger partial charge in [0.2, 0.25) is 0 Å². The summed E-state index contributed by atoms with van der Waals surface area (Å²) in [6.45, 7) is 0. The fourth-order valence-electron chi connectivity index (χ4n) is 9.11. The molecule has 2 heterocycles. The molecule has 276 valence electrons. The summed E-state index contributed by atoms with van der Waals surface area (Å²) in [6, 6.07) is 75.7. The number of rotatable bonds is 6. The van der Waals surface area contributed by atoms with Crippen molar-refractivity contribution >= 4 is 82.5 Å². The van der Waals surface area contributed by atoms with E-state index in [0.29, 0.717) is 0 Å². The molecule has 3 nitrogen and oxygen atoms in total. The first-order chi connectivity index (χ1) is 29.2. The molecular formula is C56H35NO2. The van der Waals surface area contributed by atoms with Crippen LogP contribution >= 0.6 is 0 Å². The molecule has 0 radical (unpaired) electrons. The molecule has 0 amide bonds. The molecule has 0 saturated carbocycles. The molecule has 0 saturated heterocycles. The van der Waals surface area contributed by atoms with E-state index < -0.39 is 0 Å². The lowest BCUT2D eigenvalue weighted by Gasteiger charge is -2.29. The Balaban J connectivity index is 1.03. The minimum absolute atomic E-state index is 0.851. The van der Waals surface area contributed by atoms with Crippen molar-refractivity contribution in [2.75, 3.05) is 4.90 Å². The van der Waals surface area contributed by atoms with Crippen molar-refractivity contribution in [3.63, 3.8) is 0 Å². The van der Waals surface area contributed by atoms with Crippen LogP contribution in [0, 0.1) is 0 Å². The molecule has 0 aliphatic heterocycles. The molecular weight excluding hydrogens is 719 g/mol. The van der Waals surface area contributed by atoms with Gasteiger partial charge in [-0.05, 0) is 104 Å². The molecule has 10 aromatic carbocycles. The highest BCUT2D eigenvalue weighted by atomic mass is 16.3. The van der Waals surface area contributed by atoms with E-state index in [-0.39, 0.29) is 0 Å². The standard InChI is InChI=1S/C56H35NO2/c1-2-14-41-35-54-48(34-40(41)13-1)55-46(20-10-24-52(55)59-54)45-17-5-7-21-49(45)57(50-22-11-25-53-56(50)47-18-6-8-23-51(47)58-53)42-32-30-37(31-33-42)36-26-28-39(29-27-36)44-19-9-15-38-12-3-4-16-43(38)44/h1-35H. The molecule has 0 unspecified atom stereocenters.